The summed E-state index contributed by atoms with van der Waals surface area (Å²) in [5.41, 5.74) is 4.41. The highest BCUT2D eigenvalue weighted by Crippen LogP contribution is 2.34. The SMILES string of the molecule is BrCCCN1CCc2ccccc2C1c1ccccc1. The van der Waals surface area contributed by atoms with Crippen molar-refractivity contribution in [3.05, 3.63) is 71.3 Å². The molecule has 1 heterocycles. The fraction of sp³-hybridized carbons (Fsp3) is 0.333. The van der Waals surface area contributed by atoms with E-state index in [1.54, 1.807) is 0 Å². The van der Waals surface area contributed by atoms with E-state index in [1.807, 2.05) is 0 Å². The summed E-state index contributed by atoms with van der Waals surface area (Å²) in [6.07, 6.45) is 2.37. The Labute approximate surface area is 129 Å². The summed E-state index contributed by atoms with van der Waals surface area (Å²) < 4.78 is 0. The van der Waals surface area contributed by atoms with Crippen molar-refractivity contribution < 1.29 is 0 Å². The summed E-state index contributed by atoms with van der Waals surface area (Å²) in [6, 6.07) is 20.2. The van der Waals surface area contributed by atoms with Crippen LogP contribution in [-0.2, 0) is 6.42 Å². The molecule has 0 radical (unpaired) electrons. The van der Waals surface area contributed by atoms with Crippen LogP contribution in [0.4, 0.5) is 0 Å². The maximum Gasteiger partial charge on any atom is 0.0604 e. The molecule has 1 nitrogen and oxygen atoms in total. The molecule has 0 spiro atoms. The lowest BCUT2D eigenvalue weighted by atomic mass is 9.88. The van der Waals surface area contributed by atoms with E-state index in [2.05, 4.69) is 75.4 Å². The standard InChI is InChI=1S/C18H20BrN/c19-12-6-13-20-14-11-15-7-4-5-10-17(15)18(20)16-8-2-1-3-9-16/h1-5,7-10,18H,6,11-14H2. The quantitative estimate of drug-likeness (QED) is 0.750. The van der Waals surface area contributed by atoms with Crippen molar-refractivity contribution in [1.82, 2.24) is 4.90 Å². The van der Waals surface area contributed by atoms with Crippen molar-refractivity contribution in [2.45, 2.75) is 18.9 Å². The Kier molecular flexibility index (Phi) is 4.54. The third kappa shape index (κ3) is 2.82. The molecular formula is C18H20BrN. The molecule has 1 aliphatic rings. The van der Waals surface area contributed by atoms with Gasteiger partial charge in [0.25, 0.3) is 0 Å². The fourth-order valence-electron chi connectivity index (χ4n) is 3.15. The molecule has 0 aromatic heterocycles. The zero-order valence-corrected chi connectivity index (χ0v) is 13.2. The first-order chi connectivity index (χ1) is 9.90. The van der Waals surface area contributed by atoms with E-state index in [4.69, 9.17) is 0 Å². The summed E-state index contributed by atoms with van der Waals surface area (Å²) in [5, 5.41) is 1.08. The Bertz CT molecular complexity index is 552. The molecule has 0 amide bonds. The maximum absolute atomic E-state index is 3.56. The van der Waals surface area contributed by atoms with Gasteiger partial charge >= 0.3 is 0 Å². The lowest BCUT2D eigenvalue weighted by Crippen LogP contribution is -2.36. The van der Waals surface area contributed by atoms with E-state index in [9.17, 15) is 0 Å². The van der Waals surface area contributed by atoms with Gasteiger partial charge in [-0.1, -0.05) is 70.5 Å². The second-order valence-corrected chi connectivity index (χ2v) is 6.13. The zero-order chi connectivity index (χ0) is 13.8. The van der Waals surface area contributed by atoms with Crippen LogP contribution in [0.3, 0.4) is 0 Å². The van der Waals surface area contributed by atoms with Crippen LogP contribution in [0.1, 0.15) is 29.2 Å². The van der Waals surface area contributed by atoms with E-state index >= 15 is 0 Å². The topological polar surface area (TPSA) is 3.24 Å². The highest BCUT2D eigenvalue weighted by molar-refractivity contribution is 9.09. The number of fused-ring (bicyclic) bond motifs is 1. The first kappa shape index (κ1) is 13.8. The van der Waals surface area contributed by atoms with Crippen LogP contribution in [-0.4, -0.2) is 23.3 Å². The van der Waals surface area contributed by atoms with Gasteiger partial charge in [-0.3, -0.25) is 4.90 Å². The molecule has 3 rings (SSSR count). The van der Waals surface area contributed by atoms with E-state index in [-0.39, 0.29) is 0 Å². The van der Waals surface area contributed by atoms with E-state index in [0.29, 0.717) is 6.04 Å². The van der Waals surface area contributed by atoms with Gasteiger partial charge in [0.1, 0.15) is 0 Å². The van der Waals surface area contributed by atoms with Crippen molar-refractivity contribution in [2.75, 3.05) is 18.4 Å². The molecule has 0 bridgehead atoms. The second-order valence-electron chi connectivity index (χ2n) is 5.34. The molecule has 1 aliphatic heterocycles. The first-order valence-corrected chi connectivity index (χ1v) is 8.45. The van der Waals surface area contributed by atoms with Crippen LogP contribution in [0.5, 0.6) is 0 Å². The van der Waals surface area contributed by atoms with E-state index < -0.39 is 0 Å². The largest absolute Gasteiger partial charge is 0.292 e. The molecule has 0 aliphatic carbocycles. The van der Waals surface area contributed by atoms with Gasteiger partial charge in [0.05, 0.1) is 6.04 Å². The number of alkyl halides is 1. The molecule has 104 valence electrons. The molecule has 1 atom stereocenters. The summed E-state index contributed by atoms with van der Waals surface area (Å²) in [5.74, 6) is 0. The summed E-state index contributed by atoms with van der Waals surface area (Å²) in [7, 11) is 0. The molecule has 20 heavy (non-hydrogen) atoms. The van der Waals surface area contributed by atoms with Crippen molar-refractivity contribution >= 4 is 15.9 Å². The Morgan fingerprint density at radius 3 is 2.55 bits per heavy atom. The number of benzene rings is 2. The minimum atomic E-state index is 0.417. The maximum atomic E-state index is 3.56. The monoisotopic (exact) mass is 329 g/mol. The molecule has 0 saturated heterocycles. The first-order valence-electron chi connectivity index (χ1n) is 7.33. The summed E-state index contributed by atoms with van der Waals surface area (Å²) in [6.45, 7) is 2.31. The molecule has 2 aromatic carbocycles. The average molecular weight is 330 g/mol. The van der Waals surface area contributed by atoms with Gasteiger partial charge in [0, 0.05) is 11.9 Å². The molecule has 2 aromatic rings. The summed E-state index contributed by atoms with van der Waals surface area (Å²) in [4.78, 5) is 2.62. The van der Waals surface area contributed by atoms with Gasteiger partial charge in [-0.2, -0.15) is 0 Å². The highest BCUT2D eigenvalue weighted by Gasteiger charge is 2.27. The van der Waals surface area contributed by atoms with Gasteiger partial charge in [-0.05, 0) is 36.1 Å². The Hall–Kier alpha value is -1.12. The minimum absolute atomic E-state index is 0.417. The lowest BCUT2D eigenvalue weighted by Gasteiger charge is -2.37. The van der Waals surface area contributed by atoms with Crippen molar-refractivity contribution in [3.8, 4) is 0 Å². The number of rotatable bonds is 4. The molecule has 0 fully saturated rings. The van der Waals surface area contributed by atoms with Crippen molar-refractivity contribution in [2.24, 2.45) is 0 Å². The Morgan fingerprint density at radius 2 is 1.75 bits per heavy atom. The van der Waals surface area contributed by atoms with Crippen LogP contribution in [0, 0.1) is 0 Å². The second kappa shape index (κ2) is 6.55. The molecule has 2 heteroatoms. The van der Waals surface area contributed by atoms with Crippen molar-refractivity contribution in [3.63, 3.8) is 0 Å². The number of nitrogens with zero attached hydrogens (tertiary/aromatic N) is 1. The fourth-order valence-corrected chi connectivity index (χ4v) is 3.40. The molecule has 1 unspecified atom stereocenters. The van der Waals surface area contributed by atoms with Crippen molar-refractivity contribution in [1.29, 1.82) is 0 Å². The minimum Gasteiger partial charge on any atom is -0.292 e. The van der Waals surface area contributed by atoms with Gasteiger partial charge < -0.3 is 0 Å². The zero-order valence-electron chi connectivity index (χ0n) is 11.6. The molecule has 0 saturated carbocycles. The third-order valence-corrected chi connectivity index (χ3v) is 4.64. The average Bonchev–Trinajstić information content (AvgIpc) is 2.53. The number of halogens is 1. The predicted molar refractivity (Wildman–Crippen MR) is 88.4 cm³/mol. The molecule has 0 N–H and O–H groups in total. The third-order valence-electron chi connectivity index (χ3n) is 4.08. The van der Waals surface area contributed by atoms with Gasteiger partial charge in [0.15, 0.2) is 0 Å². The normalized spacial score (nSPS) is 18.8. The van der Waals surface area contributed by atoms with Crippen LogP contribution < -0.4 is 0 Å². The van der Waals surface area contributed by atoms with E-state index in [1.165, 1.54) is 29.5 Å². The van der Waals surface area contributed by atoms with E-state index in [0.717, 1.165) is 18.4 Å². The smallest absolute Gasteiger partial charge is 0.0604 e. The lowest BCUT2D eigenvalue weighted by molar-refractivity contribution is 0.214. The number of hydrogen-bond acceptors (Lipinski definition) is 1. The van der Waals surface area contributed by atoms with Crippen LogP contribution >= 0.6 is 15.9 Å². The van der Waals surface area contributed by atoms with Crippen LogP contribution in [0.2, 0.25) is 0 Å². The van der Waals surface area contributed by atoms with Crippen LogP contribution in [0.15, 0.2) is 54.6 Å². The highest BCUT2D eigenvalue weighted by atomic mass is 79.9. The van der Waals surface area contributed by atoms with Crippen LogP contribution in [0.25, 0.3) is 0 Å². The van der Waals surface area contributed by atoms with Gasteiger partial charge in [-0.15, -0.1) is 0 Å². The van der Waals surface area contributed by atoms with Gasteiger partial charge in [-0.25, -0.2) is 0 Å². The number of hydrogen-bond donors (Lipinski definition) is 0. The summed E-state index contributed by atoms with van der Waals surface area (Å²) >= 11 is 3.56. The Morgan fingerprint density at radius 1 is 1.00 bits per heavy atom. The van der Waals surface area contributed by atoms with Gasteiger partial charge in [0.2, 0.25) is 0 Å². The molecular weight excluding hydrogens is 310 g/mol. The Balaban J connectivity index is 1.98. The predicted octanol–water partition coefficient (Wildman–Crippen LogP) is 4.42.